The topological polar surface area (TPSA) is 127 Å². The predicted molar refractivity (Wildman–Crippen MR) is 130 cm³/mol. The highest BCUT2D eigenvalue weighted by Crippen LogP contribution is 2.24. The average molecular weight is 503 g/mol. The van der Waals surface area contributed by atoms with Gasteiger partial charge in [0.2, 0.25) is 9.84 Å². The highest BCUT2D eigenvalue weighted by Gasteiger charge is 2.18. The number of benzene rings is 2. The first kappa shape index (κ1) is 28.0. The Labute approximate surface area is 205 Å². The quantitative estimate of drug-likeness (QED) is 0.281. The molecule has 0 aliphatic heterocycles. The zero-order valence-corrected chi connectivity index (χ0v) is 20.2. The van der Waals surface area contributed by atoms with Crippen LogP contribution in [0.5, 0.6) is 5.75 Å². The van der Waals surface area contributed by atoms with Crippen LogP contribution in [0, 0.1) is 0 Å². The maximum absolute atomic E-state index is 12.9. The van der Waals surface area contributed by atoms with Gasteiger partial charge in [-0.1, -0.05) is 25.3 Å². The first-order valence-corrected chi connectivity index (χ1v) is 12.5. The van der Waals surface area contributed by atoms with Crippen molar-refractivity contribution in [3.63, 3.8) is 0 Å². The maximum atomic E-state index is 12.9. The van der Waals surface area contributed by atoms with Gasteiger partial charge in [-0.25, -0.2) is 13.2 Å². The van der Waals surface area contributed by atoms with Crippen LogP contribution in [0.3, 0.4) is 0 Å². The van der Waals surface area contributed by atoms with Gasteiger partial charge in [0.1, 0.15) is 25.1 Å². The van der Waals surface area contributed by atoms with Crippen molar-refractivity contribution in [1.82, 2.24) is 0 Å². The number of rotatable bonds is 15. The molecule has 188 valence electrons. The van der Waals surface area contributed by atoms with E-state index in [1.807, 2.05) is 0 Å². The third-order valence-corrected chi connectivity index (χ3v) is 6.90. The molecule has 2 rings (SSSR count). The zero-order valence-electron chi connectivity index (χ0n) is 19.3. The minimum Gasteiger partial charge on any atom is -0.491 e. The molecule has 0 saturated heterocycles. The fourth-order valence-corrected chi connectivity index (χ4v) is 4.31. The molecule has 0 bridgehead atoms. The van der Waals surface area contributed by atoms with Crippen LogP contribution >= 0.6 is 0 Å². The third kappa shape index (κ3) is 9.12. The Morgan fingerprint density at radius 2 is 1.46 bits per heavy atom. The lowest BCUT2D eigenvalue weighted by Crippen LogP contribution is -2.24. The van der Waals surface area contributed by atoms with E-state index in [1.54, 1.807) is 12.1 Å². The van der Waals surface area contributed by atoms with Gasteiger partial charge < -0.3 is 19.7 Å². The van der Waals surface area contributed by atoms with Crippen molar-refractivity contribution in [3.05, 3.63) is 79.4 Å². The van der Waals surface area contributed by atoms with Crippen molar-refractivity contribution >= 4 is 21.6 Å². The molecule has 0 radical (unpaired) electrons. The van der Waals surface area contributed by atoms with Crippen LogP contribution in [0.25, 0.3) is 0 Å². The Morgan fingerprint density at radius 1 is 0.857 bits per heavy atom. The second-order valence-electron chi connectivity index (χ2n) is 7.82. The number of ketones is 1. The van der Waals surface area contributed by atoms with Crippen LogP contribution in [-0.4, -0.2) is 55.8 Å². The Morgan fingerprint density at radius 3 is 2.03 bits per heavy atom. The summed E-state index contributed by atoms with van der Waals surface area (Å²) in [6.07, 6.45) is 2.18. The van der Waals surface area contributed by atoms with Crippen LogP contribution in [0.15, 0.2) is 83.6 Å². The number of aryl methyl sites for hydroxylation is 1. The number of carbonyl (C=O) groups excluding carboxylic acids is 2. The van der Waals surface area contributed by atoms with E-state index in [9.17, 15) is 28.2 Å². The van der Waals surface area contributed by atoms with Crippen molar-refractivity contribution in [2.24, 2.45) is 0 Å². The predicted octanol–water partition coefficient (Wildman–Crippen LogP) is 2.82. The van der Waals surface area contributed by atoms with Crippen molar-refractivity contribution in [1.29, 1.82) is 0 Å². The fourth-order valence-electron chi connectivity index (χ4n) is 3.05. The summed E-state index contributed by atoms with van der Waals surface area (Å²) in [5.74, 6) is -0.412. The maximum Gasteiger partial charge on any atom is 0.330 e. The Hall–Kier alpha value is -3.27. The monoisotopic (exact) mass is 502 g/mol. The molecule has 0 fully saturated rings. The second kappa shape index (κ2) is 13.6. The summed E-state index contributed by atoms with van der Waals surface area (Å²) in [5.41, 5.74) is 0.874. The molecule has 0 amide bonds. The SMILES string of the molecule is C=CC(=O)CCC(O)CCc1ccc(S(=O)(=O)c2ccc(OCC(O)COC(=O)C=C)cc2)cc1. The molecule has 35 heavy (non-hydrogen) atoms. The first-order valence-electron chi connectivity index (χ1n) is 11.0. The molecular formula is C26H30O8S. The summed E-state index contributed by atoms with van der Waals surface area (Å²) in [4.78, 5) is 22.5. The molecule has 0 saturated carbocycles. The van der Waals surface area contributed by atoms with Gasteiger partial charge in [-0.3, -0.25) is 4.79 Å². The smallest absolute Gasteiger partial charge is 0.330 e. The lowest BCUT2D eigenvalue weighted by atomic mass is 10.0. The molecule has 2 aromatic carbocycles. The van der Waals surface area contributed by atoms with Crippen LogP contribution in [0.4, 0.5) is 0 Å². The Bertz CT molecular complexity index is 1020. The van der Waals surface area contributed by atoms with Crippen LogP contribution < -0.4 is 4.74 Å². The highest BCUT2D eigenvalue weighted by molar-refractivity contribution is 7.91. The normalized spacial score (nSPS) is 12.9. The molecule has 2 aromatic rings. The van der Waals surface area contributed by atoms with Crippen molar-refractivity contribution in [2.45, 2.75) is 47.7 Å². The lowest BCUT2D eigenvalue weighted by Gasteiger charge is -2.13. The minimum absolute atomic E-state index is 0.0837. The third-order valence-electron chi connectivity index (χ3n) is 5.11. The van der Waals surface area contributed by atoms with Crippen molar-refractivity contribution in [3.8, 4) is 5.75 Å². The van der Waals surface area contributed by atoms with Gasteiger partial charge >= 0.3 is 5.97 Å². The van der Waals surface area contributed by atoms with E-state index in [0.29, 0.717) is 25.0 Å². The van der Waals surface area contributed by atoms with E-state index in [0.717, 1.165) is 11.6 Å². The van der Waals surface area contributed by atoms with Gasteiger partial charge in [-0.15, -0.1) is 0 Å². The number of hydrogen-bond donors (Lipinski definition) is 2. The number of sulfone groups is 1. The molecule has 2 atom stereocenters. The lowest BCUT2D eigenvalue weighted by molar-refractivity contribution is -0.141. The van der Waals surface area contributed by atoms with Gasteiger partial charge in [-0.2, -0.15) is 0 Å². The zero-order chi connectivity index (χ0) is 25.8. The van der Waals surface area contributed by atoms with Crippen molar-refractivity contribution < 1.29 is 37.7 Å². The molecule has 2 N–H and O–H groups in total. The molecular weight excluding hydrogens is 472 g/mol. The van der Waals surface area contributed by atoms with E-state index in [4.69, 9.17) is 9.47 Å². The van der Waals surface area contributed by atoms with Crippen LogP contribution in [-0.2, 0) is 30.6 Å². The standard InChI is InChI=1S/C26H30O8S/c1-3-20(27)9-10-21(28)8-5-19-6-13-24(14-7-19)35(31,32)25-15-11-23(12-16-25)33-17-22(29)18-34-26(30)4-2/h3-4,6-7,11-16,21-22,28-29H,1-2,5,8-10,17-18H2. The van der Waals surface area contributed by atoms with Gasteiger partial charge in [0, 0.05) is 12.5 Å². The van der Waals surface area contributed by atoms with Gasteiger partial charge in [0.05, 0.1) is 15.9 Å². The van der Waals surface area contributed by atoms with E-state index in [1.165, 1.54) is 42.5 Å². The summed E-state index contributed by atoms with van der Waals surface area (Å²) in [5, 5.41) is 19.8. The number of esters is 1. The van der Waals surface area contributed by atoms with Gasteiger partial charge in [0.15, 0.2) is 5.78 Å². The number of aliphatic hydroxyl groups excluding tert-OH is 2. The molecule has 0 heterocycles. The van der Waals surface area contributed by atoms with Crippen molar-refractivity contribution in [2.75, 3.05) is 13.2 Å². The molecule has 9 heteroatoms. The first-order chi connectivity index (χ1) is 16.6. The van der Waals surface area contributed by atoms with E-state index >= 15 is 0 Å². The van der Waals surface area contributed by atoms with Gasteiger partial charge in [-0.05, 0) is 67.3 Å². The number of aliphatic hydroxyl groups is 2. The highest BCUT2D eigenvalue weighted by atomic mass is 32.2. The molecule has 0 aliphatic carbocycles. The second-order valence-corrected chi connectivity index (χ2v) is 9.77. The molecule has 0 aliphatic rings. The summed E-state index contributed by atoms with van der Waals surface area (Å²) in [6.45, 7) is 6.27. The summed E-state index contributed by atoms with van der Waals surface area (Å²) in [7, 11) is -3.75. The molecule has 8 nitrogen and oxygen atoms in total. The van der Waals surface area contributed by atoms with E-state index in [2.05, 4.69) is 13.2 Å². The van der Waals surface area contributed by atoms with E-state index in [-0.39, 0.29) is 35.2 Å². The molecule has 2 unspecified atom stereocenters. The molecule has 0 spiro atoms. The van der Waals surface area contributed by atoms with Gasteiger partial charge in [0.25, 0.3) is 0 Å². The Kier molecular flexibility index (Phi) is 10.8. The number of carbonyl (C=O) groups is 2. The summed E-state index contributed by atoms with van der Waals surface area (Å²) < 4.78 is 36.0. The van der Waals surface area contributed by atoms with Crippen LogP contribution in [0.2, 0.25) is 0 Å². The fraction of sp³-hybridized carbons (Fsp3) is 0.308. The number of ether oxygens (including phenoxy) is 2. The summed E-state index contributed by atoms with van der Waals surface area (Å²) >= 11 is 0. The minimum atomic E-state index is -3.75. The molecule has 0 aromatic heterocycles. The average Bonchev–Trinajstić information content (AvgIpc) is 2.88. The van der Waals surface area contributed by atoms with E-state index < -0.39 is 28.0 Å². The number of hydrogen-bond acceptors (Lipinski definition) is 8. The Balaban J connectivity index is 1.91. The number of allylic oxidation sites excluding steroid dienone is 1. The summed E-state index contributed by atoms with van der Waals surface area (Å²) in [6, 6.07) is 12.2. The van der Waals surface area contributed by atoms with Crippen LogP contribution in [0.1, 0.15) is 24.8 Å². The largest absolute Gasteiger partial charge is 0.491 e.